The molecule has 0 fully saturated rings. The third-order valence-corrected chi connectivity index (χ3v) is 4.53. The largest absolute Gasteiger partial charge is 0.490 e. The van der Waals surface area contributed by atoms with E-state index in [2.05, 4.69) is 4.99 Å². The molecule has 1 heterocycles. The van der Waals surface area contributed by atoms with Crippen LogP contribution in [0.1, 0.15) is 19.4 Å². The number of hydrogen-bond donors (Lipinski definition) is 0. The molecule has 1 aromatic rings. The van der Waals surface area contributed by atoms with Gasteiger partial charge in [0, 0.05) is 11.4 Å². The first-order valence-electron chi connectivity index (χ1n) is 9.08. The normalized spacial score (nSPS) is 18.6. The van der Waals surface area contributed by atoms with E-state index in [-0.39, 0.29) is 18.8 Å². The van der Waals surface area contributed by atoms with Gasteiger partial charge < -0.3 is 18.9 Å². The molecule has 29 heavy (non-hydrogen) atoms. The van der Waals surface area contributed by atoms with Crippen LogP contribution in [0.2, 0.25) is 0 Å². The second-order valence-electron chi connectivity index (χ2n) is 6.55. The Hall–Kier alpha value is -3.16. The van der Waals surface area contributed by atoms with Crippen molar-refractivity contribution in [2.45, 2.75) is 20.8 Å². The number of carbonyl (C=O) groups is 3. The SMILES string of the molecule is COC(=O)C1=C(C)N=C(C)C(C(=O)OC)[C@H]1C(=O)OCCOc1cccc(C)c1. The Bertz CT molecular complexity index is 856. The molecule has 0 saturated heterocycles. The Morgan fingerprint density at radius 1 is 0.966 bits per heavy atom. The predicted octanol–water partition coefficient (Wildman–Crippen LogP) is 2.24. The quantitative estimate of drug-likeness (QED) is 0.391. The van der Waals surface area contributed by atoms with Crippen molar-refractivity contribution in [3.05, 3.63) is 41.1 Å². The van der Waals surface area contributed by atoms with Gasteiger partial charge in [-0.15, -0.1) is 0 Å². The van der Waals surface area contributed by atoms with Gasteiger partial charge in [0.05, 0.1) is 19.8 Å². The number of allylic oxidation sites excluding steroid dienone is 1. The van der Waals surface area contributed by atoms with E-state index in [1.54, 1.807) is 19.9 Å². The van der Waals surface area contributed by atoms with Crippen LogP contribution >= 0.6 is 0 Å². The monoisotopic (exact) mass is 403 g/mol. The van der Waals surface area contributed by atoms with Crippen LogP contribution in [0, 0.1) is 18.8 Å². The second-order valence-corrected chi connectivity index (χ2v) is 6.55. The summed E-state index contributed by atoms with van der Waals surface area (Å²) in [5.41, 5.74) is 1.69. The number of rotatable bonds is 7. The lowest BCUT2D eigenvalue weighted by molar-refractivity contribution is -0.157. The van der Waals surface area contributed by atoms with Crippen molar-refractivity contribution < 1.29 is 33.3 Å². The number of ether oxygens (including phenoxy) is 4. The number of carbonyl (C=O) groups excluding carboxylic acids is 3. The van der Waals surface area contributed by atoms with Gasteiger partial charge in [0.1, 0.15) is 30.8 Å². The summed E-state index contributed by atoms with van der Waals surface area (Å²) in [6.45, 7) is 5.18. The topological polar surface area (TPSA) is 100 Å². The van der Waals surface area contributed by atoms with E-state index in [1.165, 1.54) is 14.2 Å². The van der Waals surface area contributed by atoms with E-state index in [0.717, 1.165) is 5.56 Å². The highest BCUT2D eigenvalue weighted by Crippen LogP contribution is 2.33. The van der Waals surface area contributed by atoms with Crippen molar-refractivity contribution in [3.63, 3.8) is 0 Å². The lowest BCUT2D eigenvalue weighted by atomic mass is 9.80. The lowest BCUT2D eigenvalue weighted by Gasteiger charge is -2.29. The van der Waals surface area contributed by atoms with E-state index < -0.39 is 29.7 Å². The molecule has 0 saturated carbocycles. The Balaban J connectivity index is 2.15. The van der Waals surface area contributed by atoms with Crippen LogP contribution in [0.5, 0.6) is 5.75 Å². The van der Waals surface area contributed by atoms with E-state index in [1.807, 2.05) is 25.1 Å². The average Bonchev–Trinajstić information content (AvgIpc) is 2.69. The Kier molecular flexibility index (Phi) is 7.52. The number of esters is 3. The van der Waals surface area contributed by atoms with Crippen molar-refractivity contribution in [1.82, 2.24) is 0 Å². The first-order valence-corrected chi connectivity index (χ1v) is 9.08. The Morgan fingerprint density at radius 3 is 2.31 bits per heavy atom. The van der Waals surface area contributed by atoms with Crippen molar-refractivity contribution in [1.29, 1.82) is 0 Å². The summed E-state index contributed by atoms with van der Waals surface area (Å²) in [7, 11) is 2.40. The Morgan fingerprint density at radius 2 is 1.69 bits per heavy atom. The van der Waals surface area contributed by atoms with E-state index in [9.17, 15) is 14.4 Å². The summed E-state index contributed by atoms with van der Waals surface area (Å²) in [5.74, 6) is -3.79. The fourth-order valence-electron chi connectivity index (χ4n) is 3.20. The molecule has 1 aliphatic heterocycles. The van der Waals surface area contributed by atoms with Crippen LogP contribution in [0.25, 0.3) is 0 Å². The van der Waals surface area contributed by atoms with E-state index >= 15 is 0 Å². The third-order valence-electron chi connectivity index (χ3n) is 4.53. The maximum Gasteiger partial charge on any atom is 0.336 e. The van der Waals surface area contributed by atoms with Crippen molar-refractivity contribution >= 4 is 23.6 Å². The van der Waals surface area contributed by atoms with E-state index in [4.69, 9.17) is 18.9 Å². The standard InChI is InChI=1S/C21H25NO7/c1-12-7-6-8-15(11-12)28-9-10-29-21(25)18-16(19(23)26-4)13(2)22-14(3)17(18)20(24)27-5/h6-8,11,16,18H,9-10H2,1-5H3/t16?,18-/m1/s1. The van der Waals surface area contributed by atoms with Crippen molar-refractivity contribution in [3.8, 4) is 5.75 Å². The highest BCUT2D eigenvalue weighted by Gasteiger charge is 2.46. The minimum absolute atomic E-state index is 0.0156. The summed E-state index contributed by atoms with van der Waals surface area (Å²) >= 11 is 0. The summed E-state index contributed by atoms with van der Waals surface area (Å²) in [6.07, 6.45) is 0. The van der Waals surface area contributed by atoms with Gasteiger partial charge in [0.2, 0.25) is 0 Å². The first kappa shape index (κ1) is 22.1. The number of aryl methyl sites for hydroxylation is 1. The summed E-state index contributed by atoms with van der Waals surface area (Å²) < 4.78 is 20.5. The molecule has 2 atom stereocenters. The molecule has 156 valence electrons. The van der Waals surface area contributed by atoms with Gasteiger partial charge in [0.25, 0.3) is 0 Å². The smallest absolute Gasteiger partial charge is 0.336 e. The molecule has 1 aliphatic rings. The highest BCUT2D eigenvalue weighted by atomic mass is 16.6. The highest BCUT2D eigenvalue weighted by molar-refractivity contribution is 6.10. The molecule has 0 aromatic heterocycles. The molecule has 1 aromatic carbocycles. The molecular weight excluding hydrogens is 378 g/mol. The van der Waals surface area contributed by atoms with Crippen LogP contribution in [0.15, 0.2) is 40.5 Å². The van der Waals surface area contributed by atoms with Crippen LogP contribution in [0.3, 0.4) is 0 Å². The van der Waals surface area contributed by atoms with Crippen molar-refractivity contribution in [2.75, 3.05) is 27.4 Å². The van der Waals surface area contributed by atoms with Crippen LogP contribution < -0.4 is 4.74 Å². The number of hydrogen-bond acceptors (Lipinski definition) is 8. The Labute approximate surface area is 169 Å². The van der Waals surface area contributed by atoms with Crippen molar-refractivity contribution in [2.24, 2.45) is 16.8 Å². The van der Waals surface area contributed by atoms with Gasteiger partial charge in [0.15, 0.2) is 0 Å². The molecule has 0 N–H and O–H groups in total. The van der Waals surface area contributed by atoms with Gasteiger partial charge in [-0.1, -0.05) is 12.1 Å². The first-order chi connectivity index (χ1) is 13.8. The van der Waals surface area contributed by atoms with Gasteiger partial charge in [-0.05, 0) is 38.5 Å². The molecule has 0 bridgehead atoms. The molecule has 0 spiro atoms. The zero-order chi connectivity index (χ0) is 21.6. The minimum atomic E-state index is -1.20. The maximum atomic E-state index is 12.8. The van der Waals surface area contributed by atoms with Gasteiger partial charge in [-0.25, -0.2) is 4.79 Å². The molecular formula is C21H25NO7. The zero-order valence-corrected chi connectivity index (χ0v) is 17.2. The van der Waals surface area contributed by atoms with Gasteiger partial charge >= 0.3 is 17.9 Å². The fraction of sp³-hybridized carbons (Fsp3) is 0.429. The lowest BCUT2D eigenvalue weighted by Crippen LogP contribution is -2.42. The summed E-state index contributed by atoms with van der Waals surface area (Å²) in [4.78, 5) is 41.6. The minimum Gasteiger partial charge on any atom is -0.490 e. The number of nitrogens with zero attached hydrogens (tertiary/aromatic N) is 1. The second kappa shape index (κ2) is 9.86. The third kappa shape index (κ3) is 5.22. The number of methoxy groups -OCH3 is 2. The molecule has 0 aliphatic carbocycles. The average molecular weight is 403 g/mol. The predicted molar refractivity (Wildman–Crippen MR) is 104 cm³/mol. The van der Waals surface area contributed by atoms with E-state index in [0.29, 0.717) is 17.2 Å². The van der Waals surface area contributed by atoms with Crippen LogP contribution in [0.4, 0.5) is 0 Å². The maximum absolute atomic E-state index is 12.8. The summed E-state index contributed by atoms with van der Waals surface area (Å²) in [6, 6.07) is 7.45. The van der Waals surface area contributed by atoms with Gasteiger partial charge in [-0.3, -0.25) is 14.6 Å². The fourth-order valence-corrected chi connectivity index (χ4v) is 3.20. The van der Waals surface area contributed by atoms with Gasteiger partial charge in [-0.2, -0.15) is 0 Å². The summed E-state index contributed by atoms with van der Waals surface area (Å²) in [5, 5.41) is 0. The molecule has 0 radical (unpaired) electrons. The molecule has 2 rings (SSSR count). The number of benzene rings is 1. The molecule has 0 amide bonds. The number of aliphatic imine (C=N–C) groups is 1. The zero-order valence-electron chi connectivity index (χ0n) is 17.2. The molecule has 1 unspecified atom stereocenters. The van der Waals surface area contributed by atoms with Crippen LogP contribution in [-0.2, 0) is 28.6 Å². The molecule has 8 nitrogen and oxygen atoms in total. The molecule has 8 heteroatoms. The van der Waals surface area contributed by atoms with Crippen LogP contribution in [-0.4, -0.2) is 51.1 Å².